The van der Waals surface area contributed by atoms with Crippen LogP contribution in [-0.2, 0) is 14.9 Å². The monoisotopic (exact) mass is 434 g/mol. The zero-order valence-electron chi connectivity index (χ0n) is 16.9. The third-order valence-electron chi connectivity index (χ3n) is 4.52. The summed E-state index contributed by atoms with van der Waals surface area (Å²) >= 11 is 2.55. The number of carbonyl (C=O) groups is 2. The molecule has 156 valence electrons. The van der Waals surface area contributed by atoms with Crippen molar-refractivity contribution in [2.75, 3.05) is 24.2 Å². The van der Waals surface area contributed by atoms with Crippen molar-refractivity contribution in [2.45, 2.75) is 49.5 Å². The van der Waals surface area contributed by atoms with Gasteiger partial charge in [-0.3, -0.25) is 14.9 Å². The van der Waals surface area contributed by atoms with Gasteiger partial charge >= 0.3 is 0 Å². The molecule has 1 saturated heterocycles. The summed E-state index contributed by atoms with van der Waals surface area (Å²) in [6.45, 7) is 7.71. The van der Waals surface area contributed by atoms with Crippen molar-refractivity contribution in [1.82, 2.24) is 15.5 Å². The molecule has 1 atom stereocenters. The summed E-state index contributed by atoms with van der Waals surface area (Å²) in [6.07, 6.45) is 2.17. The van der Waals surface area contributed by atoms with Gasteiger partial charge in [-0.1, -0.05) is 56.0 Å². The van der Waals surface area contributed by atoms with Crippen molar-refractivity contribution in [3.05, 3.63) is 35.4 Å². The summed E-state index contributed by atoms with van der Waals surface area (Å²) in [4.78, 5) is 24.3. The average molecular weight is 435 g/mol. The maximum absolute atomic E-state index is 12.4. The Morgan fingerprint density at radius 2 is 2.00 bits per heavy atom. The predicted molar refractivity (Wildman–Crippen MR) is 116 cm³/mol. The van der Waals surface area contributed by atoms with Crippen molar-refractivity contribution in [3.8, 4) is 0 Å². The van der Waals surface area contributed by atoms with E-state index >= 15 is 0 Å². The van der Waals surface area contributed by atoms with Gasteiger partial charge in [0.1, 0.15) is 0 Å². The Hall–Kier alpha value is -1.97. The molecule has 29 heavy (non-hydrogen) atoms. The van der Waals surface area contributed by atoms with Gasteiger partial charge in [0.15, 0.2) is 4.34 Å². The molecule has 1 aromatic carbocycles. The zero-order chi connectivity index (χ0) is 20.9. The molecule has 0 saturated carbocycles. The lowest BCUT2D eigenvalue weighted by Crippen LogP contribution is -2.32. The molecular weight excluding hydrogens is 408 g/mol. The van der Waals surface area contributed by atoms with E-state index in [-0.39, 0.29) is 29.1 Å². The SMILES string of the molecule is CC(C)(C)c1ccc(C(=O)Nc2nnc(SCC(=O)NC[C@@H]3CCCO3)s2)cc1. The number of benzene rings is 1. The summed E-state index contributed by atoms with van der Waals surface area (Å²) in [5.74, 6) is -0.0403. The molecule has 2 aromatic rings. The van der Waals surface area contributed by atoms with Crippen LogP contribution < -0.4 is 10.6 Å². The highest BCUT2D eigenvalue weighted by atomic mass is 32.2. The summed E-state index contributed by atoms with van der Waals surface area (Å²) in [6, 6.07) is 7.55. The highest BCUT2D eigenvalue weighted by Crippen LogP contribution is 2.26. The molecule has 2 amide bonds. The van der Waals surface area contributed by atoms with E-state index in [9.17, 15) is 9.59 Å². The van der Waals surface area contributed by atoms with Gasteiger partial charge in [-0.15, -0.1) is 10.2 Å². The van der Waals surface area contributed by atoms with Crippen LogP contribution in [0.5, 0.6) is 0 Å². The summed E-state index contributed by atoms with van der Waals surface area (Å²) in [5.41, 5.74) is 1.77. The van der Waals surface area contributed by atoms with Gasteiger partial charge in [-0.25, -0.2) is 0 Å². The van der Waals surface area contributed by atoms with Gasteiger partial charge in [0.2, 0.25) is 11.0 Å². The lowest BCUT2D eigenvalue weighted by molar-refractivity contribution is -0.119. The molecular formula is C20H26N4O3S2. The maximum atomic E-state index is 12.4. The van der Waals surface area contributed by atoms with Gasteiger partial charge in [-0.2, -0.15) is 0 Å². The minimum absolute atomic E-state index is 0.0385. The first kappa shape index (κ1) is 21.7. The van der Waals surface area contributed by atoms with E-state index in [0.29, 0.717) is 21.6 Å². The number of thioether (sulfide) groups is 1. The van der Waals surface area contributed by atoms with Crippen LogP contribution >= 0.6 is 23.1 Å². The van der Waals surface area contributed by atoms with Gasteiger partial charge in [0.25, 0.3) is 5.91 Å². The average Bonchev–Trinajstić information content (AvgIpc) is 3.36. The Kier molecular flexibility index (Phi) is 7.26. The second-order valence-electron chi connectivity index (χ2n) is 7.88. The van der Waals surface area contributed by atoms with Crippen molar-refractivity contribution in [2.24, 2.45) is 0 Å². The predicted octanol–water partition coefficient (Wildman–Crippen LogP) is 3.48. The van der Waals surface area contributed by atoms with E-state index in [1.54, 1.807) is 0 Å². The number of hydrogen-bond donors (Lipinski definition) is 2. The molecule has 1 aliphatic heterocycles. The van der Waals surface area contributed by atoms with Crippen LogP contribution in [0.1, 0.15) is 49.5 Å². The van der Waals surface area contributed by atoms with Crippen LogP contribution in [0.25, 0.3) is 0 Å². The first-order valence-corrected chi connectivity index (χ1v) is 11.4. The normalized spacial score (nSPS) is 16.6. The minimum Gasteiger partial charge on any atom is -0.376 e. The molecule has 0 aliphatic carbocycles. The third-order valence-corrected chi connectivity index (χ3v) is 6.49. The molecule has 2 heterocycles. The third kappa shape index (κ3) is 6.52. The number of rotatable bonds is 7. The highest BCUT2D eigenvalue weighted by molar-refractivity contribution is 8.01. The number of carbonyl (C=O) groups excluding carboxylic acids is 2. The first-order chi connectivity index (χ1) is 13.8. The molecule has 7 nitrogen and oxygen atoms in total. The Morgan fingerprint density at radius 3 is 2.66 bits per heavy atom. The summed E-state index contributed by atoms with van der Waals surface area (Å²) < 4.78 is 6.12. The fraction of sp³-hybridized carbons (Fsp3) is 0.500. The van der Waals surface area contributed by atoms with Gasteiger partial charge in [0, 0.05) is 18.7 Å². The van der Waals surface area contributed by atoms with Crippen LogP contribution in [0, 0.1) is 0 Å². The number of aromatic nitrogens is 2. The quantitative estimate of drug-likeness (QED) is 0.512. The van der Waals surface area contributed by atoms with E-state index in [1.165, 1.54) is 28.7 Å². The summed E-state index contributed by atoms with van der Waals surface area (Å²) in [5, 5.41) is 14.1. The van der Waals surface area contributed by atoms with Crippen LogP contribution in [0.15, 0.2) is 28.6 Å². The molecule has 0 bridgehead atoms. The molecule has 1 aromatic heterocycles. The van der Waals surface area contributed by atoms with Gasteiger partial charge in [-0.05, 0) is 36.0 Å². The number of nitrogens with one attached hydrogen (secondary N) is 2. The zero-order valence-corrected chi connectivity index (χ0v) is 18.5. The fourth-order valence-electron chi connectivity index (χ4n) is 2.82. The second-order valence-corrected chi connectivity index (χ2v) is 10.1. The van der Waals surface area contributed by atoms with Gasteiger partial charge in [0.05, 0.1) is 11.9 Å². The lowest BCUT2D eigenvalue weighted by Gasteiger charge is -2.18. The molecule has 0 spiro atoms. The van der Waals surface area contributed by atoms with Crippen LogP contribution in [0.2, 0.25) is 0 Å². The Balaban J connectivity index is 1.45. The van der Waals surface area contributed by atoms with E-state index in [2.05, 4.69) is 41.6 Å². The van der Waals surface area contributed by atoms with Crippen molar-refractivity contribution in [1.29, 1.82) is 0 Å². The van der Waals surface area contributed by atoms with E-state index in [1.807, 2.05) is 24.3 Å². The topological polar surface area (TPSA) is 93.2 Å². The van der Waals surface area contributed by atoms with E-state index in [0.717, 1.165) is 19.4 Å². The Bertz CT molecular complexity index is 840. The first-order valence-electron chi connectivity index (χ1n) is 9.58. The summed E-state index contributed by atoms with van der Waals surface area (Å²) in [7, 11) is 0. The molecule has 1 fully saturated rings. The smallest absolute Gasteiger partial charge is 0.257 e. The van der Waals surface area contributed by atoms with Crippen LogP contribution in [0.4, 0.5) is 5.13 Å². The molecule has 0 radical (unpaired) electrons. The molecule has 0 unspecified atom stereocenters. The van der Waals surface area contributed by atoms with Gasteiger partial charge < -0.3 is 10.1 Å². The fourth-order valence-corrected chi connectivity index (χ4v) is 4.40. The van der Waals surface area contributed by atoms with E-state index < -0.39 is 0 Å². The highest BCUT2D eigenvalue weighted by Gasteiger charge is 2.17. The van der Waals surface area contributed by atoms with Crippen LogP contribution in [0.3, 0.4) is 0 Å². The van der Waals surface area contributed by atoms with E-state index in [4.69, 9.17) is 4.74 Å². The van der Waals surface area contributed by atoms with Crippen molar-refractivity contribution >= 4 is 40.0 Å². The minimum atomic E-state index is -0.229. The Labute approximate surface area is 179 Å². The lowest BCUT2D eigenvalue weighted by atomic mass is 9.87. The Morgan fingerprint density at radius 1 is 1.24 bits per heavy atom. The number of amides is 2. The molecule has 3 rings (SSSR count). The van der Waals surface area contributed by atoms with Crippen LogP contribution in [-0.4, -0.2) is 47.0 Å². The molecule has 2 N–H and O–H groups in total. The number of anilines is 1. The van der Waals surface area contributed by atoms with Crippen molar-refractivity contribution in [3.63, 3.8) is 0 Å². The molecule has 1 aliphatic rings. The largest absolute Gasteiger partial charge is 0.376 e. The molecule has 9 heteroatoms. The maximum Gasteiger partial charge on any atom is 0.257 e. The van der Waals surface area contributed by atoms with Crippen molar-refractivity contribution < 1.29 is 14.3 Å². The number of ether oxygens (including phenoxy) is 1. The number of nitrogens with zero attached hydrogens (tertiary/aromatic N) is 2. The number of hydrogen-bond acceptors (Lipinski definition) is 7. The standard InChI is InChI=1S/C20H26N4O3S2/c1-20(2,3)14-8-6-13(7-9-14)17(26)22-18-23-24-19(29-18)28-12-16(25)21-11-15-5-4-10-27-15/h6-9,15H,4-5,10-12H2,1-3H3,(H,21,25)(H,22,23,26)/t15-/m0/s1. The second kappa shape index (κ2) is 9.69.